The van der Waals surface area contributed by atoms with Gasteiger partial charge in [-0.25, -0.2) is 15.8 Å². The molecule has 1 unspecified atom stereocenters. The summed E-state index contributed by atoms with van der Waals surface area (Å²) in [6.45, 7) is 4.20. The lowest BCUT2D eigenvalue weighted by atomic mass is 9.97. The molecule has 1 aliphatic heterocycles. The van der Waals surface area contributed by atoms with Crippen LogP contribution in [0, 0.1) is 13.8 Å². The fourth-order valence-electron chi connectivity index (χ4n) is 4.24. The zero-order valence-corrected chi connectivity index (χ0v) is 19.4. The molecule has 0 amide bonds. The van der Waals surface area contributed by atoms with Gasteiger partial charge in [-0.3, -0.25) is 0 Å². The van der Waals surface area contributed by atoms with Crippen molar-refractivity contribution in [1.82, 2.24) is 15.4 Å². The average Bonchev–Trinajstić information content (AvgIpc) is 2.84. The van der Waals surface area contributed by atoms with Gasteiger partial charge in [0.25, 0.3) is 0 Å². The van der Waals surface area contributed by atoms with Gasteiger partial charge in [0, 0.05) is 23.6 Å². The normalized spacial score (nSPS) is 15.6. The fraction of sp³-hybridized carbons (Fsp3) is 0.346. The van der Waals surface area contributed by atoms with E-state index in [4.69, 9.17) is 21.7 Å². The van der Waals surface area contributed by atoms with Crippen molar-refractivity contribution in [3.8, 4) is 22.5 Å². The Labute approximate surface area is 195 Å². The highest BCUT2D eigenvalue weighted by Crippen LogP contribution is 2.34. The molecule has 33 heavy (non-hydrogen) atoms. The summed E-state index contributed by atoms with van der Waals surface area (Å²) in [6, 6.07) is 17.4. The summed E-state index contributed by atoms with van der Waals surface area (Å²) >= 11 is 0. The molecule has 1 atom stereocenters. The smallest absolute Gasteiger partial charge is 0.148 e. The van der Waals surface area contributed by atoms with Gasteiger partial charge < -0.3 is 16.6 Å². The van der Waals surface area contributed by atoms with Crippen LogP contribution < -0.4 is 22.4 Å². The SMILES string of the molecule is Cc1ccc(-c2nc3c(nc2-c2ccc(C)cc2)NC(CCCC/C(=N/N)NN)CC3)cc1. The lowest BCUT2D eigenvalue weighted by Crippen LogP contribution is -2.31. The molecule has 7 heteroatoms. The van der Waals surface area contributed by atoms with Gasteiger partial charge in [0.2, 0.25) is 0 Å². The summed E-state index contributed by atoms with van der Waals surface area (Å²) in [5.74, 6) is 12.3. The van der Waals surface area contributed by atoms with Crippen LogP contribution >= 0.6 is 0 Å². The monoisotopic (exact) mass is 443 g/mol. The predicted molar refractivity (Wildman–Crippen MR) is 136 cm³/mol. The number of nitrogens with two attached hydrogens (primary N) is 2. The molecular formula is C26H33N7. The highest BCUT2D eigenvalue weighted by Gasteiger charge is 2.23. The molecule has 1 aliphatic rings. The van der Waals surface area contributed by atoms with Gasteiger partial charge >= 0.3 is 0 Å². The van der Waals surface area contributed by atoms with Crippen LogP contribution in [0.25, 0.3) is 22.5 Å². The summed E-state index contributed by atoms with van der Waals surface area (Å²) in [4.78, 5) is 10.2. The molecule has 0 radical (unpaired) electrons. The largest absolute Gasteiger partial charge is 0.366 e. The van der Waals surface area contributed by atoms with Crippen molar-refractivity contribution in [2.45, 2.75) is 58.4 Å². The molecule has 2 heterocycles. The highest BCUT2D eigenvalue weighted by molar-refractivity contribution is 5.81. The Morgan fingerprint density at radius 3 is 2.15 bits per heavy atom. The van der Waals surface area contributed by atoms with E-state index in [9.17, 15) is 0 Å². The maximum Gasteiger partial charge on any atom is 0.148 e. The van der Waals surface area contributed by atoms with E-state index in [0.29, 0.717) is 11.9 Å². The summed E-state index contributed by atoms with van der Waals surface area (Å²) in [7, 11) is 0. The van der Waals surface area contributed by atoms with Crippen LogP contribution in [-0.2, 0) is 6.42 Å². The quantitative estimate of drug-likeness (QED) is 0.141. The van der Waals surface area contributed by atoms with E-state index >= 15 is 0 Å². The third-order valence-corrected chi connectivity index (χ3v) is 6.23. The maximum absolute atomic E-state index is 5.40. The fourth-order valence-corrected chi connectivity index (χ4v) is 4.24. The second-order valence-electron chi connectivity index (χ2n) is 8.79. The first-order valence-electron chi connectivity index (χ1n) is 11.6. The molecule has 0 saturated heterocycles. The lowest BCUT2D eigenvalue weighted by Gasteiger charge is -2.27. The van der Waals surface area contributed by atoms with Crippen LogP contribution in [0.4, 0.5) is 5.82 Å². The van der Waals surface area contributed by atoms with E-state index in [1.165, 1.54) is 11.1 Å². The number of anilines is 1. The summed E-state index contributed by atoms with van der Waals surface area (Å²) < 4.78 is 0. The maximum atomic E-state index is 5.40. The van der Waals surface area contributed by atoms with Crippen molar-refractivity contribution in [2.24, 2.45) is 16.8 Å². The number of aromatic nitrogens is 2. The molecule has 172 valence electrons. The Hall–Kier alpha value is -3.45. The number of amidine groups is 1. The first-order valence-corrected chi connectivity index (χ1v) is 11.6. The Bertz CT molecular complexity index is 1100. The predicted octanol–water partition coefficient (Wildman–Crippen LogP) is 4.45. The first-order chi connectivity index (χ1) is 16.1. The van der Waals surface area contributed by atoms with E-state index in [1.54, 1.807) is 0 Å². The number of benzene rings is 2. The van der Waals surface area contributed by atoms with Crippen molar-refractivity contribution in [3.05, 3.63) is 65.4 Å². The summed E-state index contributed by atoms with van der Waals surface area (Å²) in [5.41, 5.74) is 10.1. The second-order valence-corrected chi connectivity index (χ2v) is 8.79. The number of fused-ring (bicyclic) bond motifs is 1. The number of unbranched alkanes of at least 4 members (excludes halogenated alkanes) is 1. The van der Waals surface area contributed by atoms with Crippen molar-refractivity contribution < 1.29 is 0 Å². The van der Waals surface area contributed by atoms with Crippen LogP contribution in [0.2, 0.25) is 0 Å². The molecule has 1 aromatic heterocycles. The summed E-state index contributed by atoms with van der Waals surface area (Å²) in [6.07, 6.45) is 5.83. The number of nitrogens with one attached hydrogen (secondary N) is 2. The van der Waals surface area contributed by atoms with Crippen molar-refractivity contribution in [1.29, 1.82) is 0 Å². The number of aryl methyl sites for hydroxylation is 3. The van der Waals surface area contributed by atoms with Crippen LogP contribution in [-0.4, -0.2) is 21.8 Å². The number of hydrazine groups is 1. The third-order valence-electron chi connectivity index (χ3n) is 6.23. The van der Waals surface area contributed by atoms with Gasteiger partial charge in [-0.15, -0.1) is 0 Å². The van der Waals surface area contributed by atoms with E-state index < -0.39 is 0 Å². The van der Waals surface area contributed by atoms with E-state index in [1.807, 2.05) is 0 Å². The minimum absolute atomic E-state index is 0.381. The standard InChI is InChI=1S/C26H33N7/c1-17-7-11-19(12-8-17)24-25(20-13-9-18(2)10-14-20)31-26-22(30-24)16-15-21(29-26)5-3-4-6-23(32-27)33-28/h7-14,21H,3-6,15-16,27-28H2,1-2H3,(H,29,31)(H,32,33). The van der Waals surface area contributed by atoms with Gasteiger partial charge in [-0.2, -0.15) is 5.10 Å². The van der Waals surface area contributed by atoms with Crippen LogP contribution in [0.5, 0.6) is 0 Å². The molecule has 4 rings (SSSR count). The highest BCUT2D eigenvalue weighted by atomic mass is 15.3. The lowest BCUT2D eigenvalue weighted by molar-refractivity contribution is 0.543. The second kappa shape index (κ2) is 10.4. The number of hydrogen-bond acceptors (Lipinski definition) is 6. The third kappa shape index (κ3) is 5.49. The minimum atomic E-state index is 0.381. The van der Waals surface area contributed by atoms with Gasteiger partial charge in [0.15, 0.2) is 0 Å². The Kier molecular flexibility index (Phi) is 7.19. The zero-order chi connectivity index (χ0) is 23.2. The molecule has 6 N–H and O–H groups in total. The number of hydrazone groups is 1. The molecular weight excluding hydrogens is 410 g/mol. The Balaban J connectivity index is 1.57. The molecule has 7 nitrogen and oxygen atoms in total. The van der Waals surface area contributed by atoms with Crippen LogP contribution in [0.1, 0.15) is 48.9 Å². The van der Waals surface area contributed by atoms with Gasteiger partial charge in [0.05, 0.1) is 17.1 Å². The Morgan fingerprint density at radius 2 is 1.58 bits per heavy atom. The van der Waals surface area contributed by atoms with E-state index in [0.717, 1.165) is 72.6 Å². The molecule has 0 fully saturated rings. The number of nitrogens with zero attached hydrogens (tertiary/aromatic N) is 3. The van der Waals surface area contributed by atoms with E-state index in [2.05, 4.69) is 78.2 Å². The van der Waals surface area contributed by atoms with Gasteiger partial charge in [0.1, 0.15) is 11.7 Å². The molecule has 0 aliphatic carbocycles. The van der Waals surface area contributed by atoms with E-state index in [-0.39, 0.29) is 0 Å². The molecule has 0 bridgehead atoms. The molecule has 0 spiro atoms. The van der Waals surface area contributed by atoms with Crippen molar-refractivity contribution in [2.75, 3.05) is 5.32 Å². The molecule has 0 saturated carbocycles. The first kappa shape index (κ1) is 22.7. The average molecular weight is 444 g/mol. The summed E-state index contributed by atoms with van der Waals surface area (Å²) in [5, 5.41) is 7.30. The van der Waals surface area contributed by atoms with Crippen LogP contribution in [0.15, 0.2) is 53.6 Å². The molecule has 3 aromatic rings. The Morgan fingerprint density at radius 1 is 0.970 bits per heavy atom. The molecule has 2 aromatic carbocycles. The number of hydrogen-bond donors (Lipinski definition) is 4. The topological polar surface area (TPSA) is 114 Å². The van der Waals surface area contributed by atoms with Gasteiger partial charge in [-0.05, 0) is 39.5 Å². The van der Waals surface area contributed by atoms with Crippen molar-refractivity contribution >= 4 is 11.7 Å². The van der Waals surface area contributed by atoms with Gasteiger partial charge in [-0.1, -0.05) is 66.1 Å². The zero-order valence-electron chi connectivity index (χ0n) is 19.4. The minimum Gasteiger partial charge on any atom is -0.366 e. The van der Waals surface area contributed by atoms with Crippen LogP contribution in [0.3, 0.4) is 0 Å². The van der Waals surface area contributed by atoms with Crippen molar-refractivity contribution in [3.63, 3.8) is 0 Å². The number of rotatable bonds is 7.